The summed E-state index contributed by atoms with van der Waals surface area (Å²) in [5.41, 5.74) is 0.675. The van der Waals surface area contributed by atoms with Gasteiger partial charge in [-0.25, -0.2) is 18.8 Å². The molecule has 0 amide bonds. The van der Waals surface area contributed by atoms with Crippen LogP contribution in [0.2, 0.25) is 0 Å². The maximum atomic E-state index is 12.2. The molecule has 0 aromatic carbocycles. The molecule has 0 atom stereocenters. The Kier molecular flexibility index (Phi) is 6.14. The van der Waals surface area contributed by atoms with Crippen molar-refractivity contribution in [2.24, 2.45) is 4.99 Å². The van der Waals surface area contributed by atoms with Crippen LogP contribution in [-0.4, -0.2) is 62.0 Å². The number of rotatable bonds is 5. The van der Waals surface area contributed by atoms with Crippen molar-refractivity contribution < 1.29 is 13.5 Å². The number of alkyl halides is 2. The number of ether oxygens (including phenoxy) is 1. The highest BCUT2D eigenvalue weighted by atomic mass is 19.3. The van der Waals surface area contributed by atoms with Crippen LogP contribution in [0.1, 0.15) is 5.56 Å². The molecule has 7 heteroatoms. The van der Waals surface area contributed by atoms with Crippen LogP contribution in [0.15, 0.2) is 23.3 Å². The summed E-state index contributed by atoms with van der Waals surface area (Å²) in [5, 5.41) is 0. The predicted octanol–water partition coefficient (Wildman–Crippen LogP) is 1.70. The Bertz CT molecular complexity index is 440. The van der Waals surface area contributed by atoms with Crippen LogP contribution in [0.25, 0.3) is 0 Å². The van der Waals surface area contributed by atoms with Crippen molar-refractivity contribution in [2.45, 2.75) is 13.0 Å². The molecule has 0 aliphatic heterocycles. The minimum absolute atomic E-state index is 0.202. The monoisotopic (exact) mass is 286 g/mol. The molecule has 0 fully saturated rings. The summed E-state index contributed by atoms with van der Waals surface area (Å²) in [6.45, 7) is -0.347. The molecule has 5 nitrogen and oxygen atoms in total. The van der Waals surface area contributed by atoms with E-state index in [0.29, 0.717) is 12.1 Å². The molecule has 1 aromatic heterocycles. The lowest BCUT2D eigenvalue weighted by molar-refractivity contribution is 0.0791. The van der Waals surface area contributed by atoms with Crippen LogP contribution in [0.3, 0.4) is 0 Å². The quantitative estimate of drug-likeness (QED) is 0.610. The van der Waals surface area contributed by atoms with Gasteiger partial charge < -0.3 is 14.5 Å². The second-order valence-electron chi connectivity index (χ2n) is 4.57. The number of hydrogen-bond donors (Lipinski definition) is 0. The van der Waals surface area contributed by atoms with Gasteiger partial charge in [-0.3, -0.25) is 0 Å². The summed E-state index contributed by atoms with van der Waals surface area (Å²) in [5.74, 6) is 0.974. The summed E-state index contributed by atoms with van der Waals surface area (Å²) in [7, 11) is 7.54. The first-order chi connectivity index (χ1) is 9.41. The van der Waals surface area contributed by atoms with E-state index in [9.17, 15) is 8.78 Å². The van der Waals surface area contributed by atoms with Gasteiger partial charge in [0.25, 0.3) is 6.43 Å². The zero-order valence-corrected chi connectivity index (χ0v) is 12.2. The third-order valence-electron chi connectivity index (χ3n) is 2.39. The van der Waals surface area contributed by atoms with Crippen LogP contribution in [0, 0.1) is 0 Å². The highest BCUT2D eigenvalue weighted by molar-refractivity contribution is 5.79. The predicted molar refractivity (Wildman–Crippen MR) is 74.2 cm³/mol. The van der Waals surface area contributed by atoms with E-state index in [2.05, 4.69) is 9.98 Å². The van der Waals surface area contributed by atoms with Crippen molar-refractivity contribution in [3.63, 3.8) is 0 Å². The van der Waals surface area contributed by atoms with Gasteiger partial charge in [0.05, 0.1) is 6.54 Å². The molecule has 0 N–H and O–H groups in total. The number of halogens is 2. The average molecular weight is 286 g/mol. The van der Waals surface area contributed by atoms with Gasteiger partial charge in [0.1, 0.15) is 0 Å². The van der Waals surface area contributed by atoms with Crippen molar-refractivity contribution in [3.05, 3.63) is 23.9 Å². The molecule has 112 valence electrons. The lowest BCUT2D eigenvalue weighted by Gasteiger charge is -2.22. The molecule has 1 aromatic rings. The molecule has 0 saturated heterocycles. The molecule has 0 aliphatic rings. The third-order valence-corrected chi connectivity index (χ3v) is 2.39. The van der Waals surface area contributed by atoms with E-state index in [4.69, 9.17) is 4.74 Å². The van der Waals surface area contributed by atoms with E-state index in [-0.39, 0.29) is 5.88 Å². The van der Waals surface area contributed by atoms with Gasteiger partial charge in [0.15, 0.2) is 12.6 Å². The van der Waals surface area contributed by atoms with E-state index in [1.807, 2.05) is 38.0 Å². The van der Waals surface area contributed by atoms with Crippen molar-refractivity contribution in [3.8, 4) is 5.88 Å². The van der Waals surface area contributed by atoms with E-state index < -0.39 is 13.0 Å². The standard InChI is InChI=1S/C13H20F2N4O/c1-18(2)13(19(3)4)17-8-10-6-5-7-16-12(10)20-9-11(14)15/h5-7,11H,8-9H2,1-4H3. The molecule has 0 spiro atoms. The number of aromatic nitrogens is 1. The van der Waals surface area contributed by atoms with Gasteiger partial charge in [-0.2, -0.15) is 0 Å². The summed E-state index contributed by atoms with van der Waals surface area (Å²) < 4.78 is 29.4. The van der Waals surface area contributed by atoms with Crippen LogP contribution < -0.4 is 4.74 Å². The zero-order chi connectivity index (χ0) is 15.1. The lowest BCUT2D eigenvalue weighted by Crippen LogP contribution is -2.35. The van der Waals surface area contributed by atoms with Gasteiger partial charge in [-0.15, -0.1) is 0 Å². The molecule has 1 heterocycles. The fourth-order valence-corrected chi connectivity index (χ4v) is 1.66. The normalized spacial score (nSPS) is 10.3. The minimum Gasteiger partial charge on any atom is -0.471 e. The maximum absolute atomic E-state index is 12.2. The summed E-state index contributed by atoms with van der Waals surface area (Å²) in [4.78, 5) is 12.2. The smallest absolute Gasteiger partial charge is 0.272 e. The first kappa shape index (κ1) is 16.1. The largest absolute Gasteiger partial charge is 0.471 e. The molecule has 0 aliphatic carbocycles. The molecule has 20 heavy (non-hydrogen) atoms. The molecule has 0 bridgehead atoms. The van der Waals surface area contributed by atoms with Gasteiger partial charge >= 0.3 is 0 Å². The number of aliphatic imine (C=N–C) groups is 1. The number of nitrogens with zero attached hydrogens (tertiary/aromatic N) is 4. The lowest BCUT2D eigenvalue weighted by atomic mass is 10.3. The molecule has 0 saturated carbocycles. The second kappa shape index (κ2) is 7.62. The number of guanidine groups is 1. The van der Waals surface area contributed by atoms with Gasteiger partial charge in [-0.1, -0.05) is 6.07 Å². The van der Waals surface area contributed by atoms with Crippen molar-refractivity contribution >= 4 is 5.96 Å². The SMILES string of the molecule is CN(C)C(=NCc1cccnc1OCC(F)F)N(C)C. The second-order valence-corrected chi connectivity index (χ2v) is 4.57. The summed E-state index contributed by atoms with van der Waals surface area (Å²) >= 11 is 0. The van der Waals surface area contributed by atoms with Gasteiger partial charge in [0.2, 0.25) is 5.88 Å². The van der Waals surface area contributed by atoms with E-state index in [1.165, 1.54) is 6.20 Å². The fourth-order valence-electron chi connectivity index (χ4n) is 1.66. The van der Waals surface area contributed by atoms with E-state index in [0.717, 1.165) is 5.96 Å². The average Bonchev–Trinajstić information content (AvgIpc) is 2.36. The fraction of sp³-hybridized carbons (Fsp3) is 0.538. The van der Waals surface area contributed by atoms with Crippen molar-refractivity contribution in [1.29, 1.82) is 0 Å². The summed E-state index contributed by atoms with van der Waals surface area (Å²) in [6, 6.07) is 3.49. The van der Waals surface area contributed by atoms with Gasteiger partial charge in [-0.05, 0) is 6.07 Å². The highest BCUT2D eigenvalue weighted by Crippen LogP contribution is 2.16. The van der Waals surface area contributed by atoms with Crippen LogP contribution in [-0.2, 0) is 6.54 Å². The Morgan fingerprint density at radius 3 is 2.50 bits per heavy atom. The minimum atomic E-state index is -2.52. The van der Waals surface area contributed by atoms with Crippen LogP contribution in [0.4, 0.5) is 8.78 Å². The molecular weight excluding hydrogens is 266 g/mol. The highest BCUT2D eigenvalue weighted by Gasteiger charge is 2.10. The molecule has 0 unspecified atom stereocenters. The van der Waals surface area contributed by atoms with Crippen molar-refractivity contribution in [1.82, 2.24) is 14.8 Å². The Balaban J connectivity index is 2.83. The first-order valence-electron chi connectivity index (χ1n) is 6.15. The third kappa shape index (κ3) is 4.99. The number of pyridine rings is 1. The molecular formula is C13H20F2N4O. The zero-order valence-electron chi connectivity index (χ0n) is 12.2. The first-order valence-corrected chi connectivity index (χ1v) is 6.15. The molecule has 0 radical (unpaired) electrons. The topological polar surface area (TPSA) is 41.0 Å². The summed E-state index contributed by atoms with van der Waals surface area (Å²) in [6.07, 6.45) is -1.01. The van der Waals surface area contributed by atoms with E-state index >= 15 is 0 Å². The van der Waals surface area contributed by atoms with Crippen LogP contribution >= 0.6 is 0 Å². The Labute approximate surface area is 117 Å². The Morgan fingerprint density at radius 2 is 1.95 bits per heavy atom. The Hall–Kier alpha value is -1.92. The van der Waals surface area contributed by atoms with E-state index in [1.54, 1.807) is 12.1 Å². The van der Waals surface area contributed by atoms with Crippen molar-refractivity contribution in [2.75, 3.05) is 34.8 Å². The van der Waals surface area contributed by atoms with Gasteiger partial charge in [0, 0.05) is 40.0 Å². The maximum Gasteiger partial charge on any atom is 0.272 e. The van der Waals surface area contributed by atoms with Crippen LogP contribution in [0.5, 0.6) is 5.88 Å². The Morgan fingerprint density at radius 1 is 1.30 bits per heavy atom. The molecule has 1 rings (SSSR count). The number of hydrogen-bond acceptors (Lipinski definition) is 3.